The van der Waals surface area contributed by atoms with Gasteiger partial charge >= 0.3 is 0 Å². The van der Waals surface area contributed by atoms with Crippen LogP contribution in [0.2, 0.25) is 0 Å². The van der Waals surface area contributed by atoms with Gasteiger partial charge < -0.3 is 10.1 Å². The summed E-state index contributed by atoms with van der Waals surface area (Å²) < 4.78 is 33.7. The Bertz CT molecular complexity index is 1180. The van der Waals surface area contributed by atoms with E-state index < -0.39 is 10.0 Å². The van der Waals surface area contributed by atoms with E-state index in [4.69, 9.17) is 4.74 Å². The number of benzene rings is 1. The van der Waals surface area contributed by atoms with Crippen LogP contribution in [0.15, 0.2) is 53.4 Å². The second-order valence-electron chi connectivity index (χ2n) is 7.47. The van der Waals surface area contributed by atoms with Crippen LogP contribution in [0.1, 0.15) is 36.0 Å². The molecule has 162 valence electrons. The van der Waals surface area contributed by atoms with Gasteiger partial charge in [0.05, 0.1) is 18.8 Å². The summed E-state index contributed by atoms with van der Waals surface area (Å²) in [6, 6.07) is 13.8. The van der Waals surface area contributed by atoms with Crippen LogP contribution in [0.4, 0.5) is 11.8 Å². The van der Waals surface area contributed by atoms with E-state index in [-0.39, 0.29) is 10.9 Å². The highest BCUT2D eigenvalue weighted by Gasteiger charge is 2.38. The van der Waals surface area contributed by atoms with Gasteiger partial charge in [0.25, 0.3) is 0 Å². The maximum atomic E-state index is 13.4. The minimum atomic E-state index is -3.74. The number of nitrogens with zero attached hydrogens (tertiary/aromatic N) is 4. The van der Waals surface area contributed by atoms with Crippen molar-refractivity contribution in [2.75, 3.05) is 19.0 Å². The van der Waals surface area contributed by atoms with Crippen LogP contribution in [0.5, 0.6) is 5.75 Å². The molecule has 31 heavy (non-hydrogen) atoms. The monoisotopic (exact) mass is 439 g/mol. The van der Waals surface area contributed by atoms with Crippen molar-refractivity contribution >= 4 is 21.8 Å². The maximum absolute atomic E-state index is 13.4. The van der Waals surface area contributed by atoms with Crippen LogP contribution >= 0.6 is 0 Å². The fraction of sp³-hybridized carbons (Fsp3) is 0.318. The molecule has 1 saturated heterocycles. The van der Waals surface area contributed by atoms with Gasteiger partial charge in [-0.2, -0.15) is 4.31 Å². The van der Waals surface area contributed by atoms with Crippen molar-refractivity contribution in [2.24, 2.45) is 0 Å². The number of nitrogens with one attached hydrogen (secondary N) is 1. The van der Waals surface area contributed by atoms with E-state index in [1.165, 1.54) is 11.4 Å². The average Bonchev–Trinajstić information content (AvgIpc) is 3.24. The minimum absolute atomic E-state index is 0.169. The SMILES string of the molecule is COc1ccccc1S(=O)(=O)N1CCC[C@@H]1c1cccc(Nc2nc(C)cc(C)n2)n1. The standard InChI is InChI=1S/C22H25N5O3S/c1-15-14-16(2)24-22(23-15)26-21-12-6-8-17(25-21)18-9-7-13-27(18)31(28,29)20-11-5-4-10-19(20)30-3/h4-6,8,10-12,14,18H,7,9,13H2,1-3H3,(H,23,24,25,26)/t18-/m1/s1. The highest BCUT2D eigenvalue weighted by Crippen LogP contribution is 2.38. The molecule has 0 bridgehead atoms. The molecule has 0 amide bonds. The molecule has 0 spiro atoms. The molecule has 0 saturated carbocycles. The summed E-state index contributed by atoms with van der Waals surface area (Å²) >= 11 is 0. The van der Waals surface area contributed by atoms with Gasteiger partial charge in [0.15, 0.2) is 0 Å². The van der Waals surface area contributed by atoms with E-state index in [1.807, 2.05) is 38.1 Å². The lowest BCUT2D eigenvalue weighted by Crippen LogP contribution is -2.31. The number of methoxy groups -OCH3 is 1. The molecular weight excluding hydrogens is 414 g/mol. The normalized spacial score (nSPS) is 16.9. The molecule has 3 heterocycles. The van der Waals surface area contributed by atoms with Crippen molar-refractivity contribution in [3.05, 3.63) is 65.6 Å². The number of anilines is 2. The molecular formula is C22H25N5O3S. The first kappa shape index (κ1) is 21.2. The van der Waals surface area contributed by atoms with Crippen molar-refractivity contribution in [3.63, 3.8) is 0 Å². The van der Waals surface area contributed by atoms with E-state index in [9.17, 15) is 8.42 Å². The molecule has 1 aromatic carbocycles. The summed E-state index contributed by atoms with van der Waals surface area (Å²) in [7, 11) is -2.26. The Morgan fingerprint density at radius 2 is 1.77 bits per heavy atom. The molecule has 0 aliphatic carbocycles. The summed E-state index contributed by atoms with van der Waals surface area (Å²) in [6.45, 7) is 4.25. The van der Waals surface area contributed by atoms with E-state index in [1.54, 1.807) is 24.3 Å². The van der Waals surface area contributed by atoms with Crippen molar-refractivity contribution in [2.45, 2.75) is 37.6 Å². The fourth-order valence-corrected chi connectivity index (χ4v) is 5.71. The lowest BCUT2D eigenvalue weighted by Gasteiger charge is -2.24. The number of hydrogen-bond donors (Lipinski definition) is 1. The van der Waals surface area contributed by atoms with Gasteiger partial charge in [-0.15, -0.1) is 0 Å². The topological polar surface area (TPSA) is 97.3 Å². The molecule has 1 fully saturated rings. The molecule has 3 aromatic rings. The zero-order valence-corrected chi connectivity index (χ0v) is 18.6. The van der Waals surface area contributed by atoms with Gasteiger partial charge in [-0.1, -0.05) is 18.2 Å². The number of rotatable bonds is 6. The quantitative estimate of drug-likeness (QED) is 0.624. The molecule has 4 rings (SSSR count). The van der Waals surface area contributed by atoms with Crippen molar-refractivity contribution in [1.82, 2.24) is 19.3 Å². The number of hydrogen-bond acceptors (Lipinski definition) is 7. The highest BCUT2D eigenvalue weighted by molar-refractivity contribution is 7.89. The molecule has 1 aliphatic heterocycles. The average molecular weight is 440 g/mol. The van der Waals surface area contributed by atoms with Crippen LogP contribution in [0.25, 0.3) is 0 Å². The van der Waals surface area contributed by atoms with Gasteiger partial charge in [-0.05, 0) is 57.0 Å². The third-order valence-corrected chi connectivity index (χ3v) is 7.14. The minimum Gasteiger partial charge on any atom is -0.495 e. The molecule has 2 aromatic heterocycles. The Labute approximate surface area is 182 Å². The number of ether oxygens (including phenoxy) is 1. The van der Waals surface area contributed by atoms with Crippen molar-refractivity contribution in [1.29, 1.82) is 0 Å². The number of aromatic nitrogens is 3. The summed E-state index contributed by atoms with van der Waals surface area (Å²) in [5, 5.41) is 3.13. The second kappa shape index (κ2) is 8.60. The molecule has 9 heteroatoms. The molecule has 8 nitrogen and oxygen atoms in total. The van der Waals surface area contributed by atoms with Gasteiger partial charge in [0.2, 0.25) is 16.0 Å². The molecule has 0 radical (unpaired) electrons. The Morgan fingerprint density at radius 3 is 2.52 bits per heavy atom. The van der Waals surface area contributed by atoms with Crippen LogP contribution < -0.4 is 10.1 Å². The van der Waals surface area contributed by atoms with Crippen LogP contribution in [-0.2, 0) is 10.0 Å². The Kier molecular flexibility index (Phi) is 5.88. The van der Waals surface area contributed by atoms with Crippen LogP contribution in [0, 0.1) is 13.8 Å². The summed E-state index contributed by atoms with van der Waals surface area (Å²) in [5.74, 6) is 1.37. The molecule has 1 aliphatic rings. The fourth-order valence-electron chi connectivity index (χ4n) is 3.88. The van der Waals surface area contributed by atoms with Gasteiger partial charge in [-0.3, -0.25) is 0 Å². The van der Waals surface area contributed by atoms with Gasteiger partial charge in [0, 0.05) is 17.9 Å². The van der Waals surface area contributed by atoms with Crippen molar-refractivity contribution < 1.29 is 13.2 Å². The van der Waals surface area contributed by atoms with Gasteiger partial charge in [-0.25, -0.2) is 23.4 Å². The molecule has 1 N–H and O–H groups in total. The Hall–Kier alpha value is -3.04. The molecule has 0 unspecified atom stereocenters. The summed E-state index contributed by atoms with van der Waals surface area (Å²) in [5.41, 5.74) is 2.40. The lowest BCUT2D eigenvalue weighted by atomic mass is 10.1. The number of sulfonamides is 1. The van der Waals surface area contributed by atoms with Crippen LogP contribution in [0.3, 0.4) is 0 Å². The maximum Gasteiger partial charge on any atom is 0.247 e. The highest BCUT2D eigenvalue weighted by atomic mass is 32.2. The van der Waals surface area contributed by atoms with E-state index in [0.717, 1.165) is 17.8 Å². The number of aryl methyl sites for hydroxylation is 2. The summed E-state index contributed by atoms with van der Waals surface area (Å²) in [6.07, 6.45) is 1.46. The summed E-state index contributed by atoms with van der Waals surface area (Å²) in [4.78, 5) is 13.6. The zero-order valence-electron chi connectivity index (χ0n) is 17.7. The van der Waals surface area contributed by atoms with E-state index >= 15 is 0 Å². The largest absolute Gasteiger partial charge is 0.495 e. The third-order valence-electron chi connectivity index (χ3n) is 5.19. The number of para-hydroxylation sites is 1. The third kappa shape index (κ3) is 4.38. The first-order valence-corrected chi connectivity index (χ1v) is 11.5. The van der Waals surface area contributed by atoms with Gasteiger partial charge in [0.1, 0.15) is 16.5 Å². The Morgan fingerprint density at radius 1 is 1.03 bits per heavy atom. The van der Waals surface area contributed by atoms with Crippen molar-refractivity contribution in [3.8, 4) is 5.75 Å². The van der Waals surface area contributed by atoms with Crippen LogP contribution in [-0.4, -0.2) is 41.3 Å². The molecule has 1 atom stereocenters. The predicted molar refractivity (Wildman–Crippen MR) is 118 cm³/mol. The first-order chi connectivity index (χ1) is 14.9. The first-order valence-electron chi connectivity index (χ1n) is 10.1. The van der Waals surface area contributed by atoms with E-state index in [2.05, 4.69) is 20.3 Å². The lowest BCUT2D eigenvalue weighted by molar-refractivity contribution is 0.377. The predicted octanol–water partition coefficient (Wildman–Crippen LogP) is 3.77. The Balaban J connectivity index is 1.64. The second-order valence-corrected chi connectivity index (χ2v) is 9.33. The number of pyridine rings is 1. The van der Waals surface area contributed by atoms with E-state index in [0.29, 0.717) is 36.2 Å². The smallest absolute Gasteiger partial charge is 0.247 e. The zero-order chi connectivity index (χ0) is 22.0.